The number of aromatic nitrogens is 1. The molecule has 0 bridgehead atoms. The van der Waals surface area contributed by atoms with Gasteiger partial charge in [0.25, 0.3) is 0 Å². The standard InChI is InChI=1S/C10H14N2O3/c1-7(6-13)12-9-8(10(14)15-2)4-3-5-11-9/h3-5,7,13H,6H2,1-2H3,(H,11,12). The molecule has 1 aromatic heterocycles. The average Bonchev–Trinajstić information content (AvgIpc) is 2.28. The minimum atomic E-state index is -0.448. The van der Waals surface area contributed by atoms with E-state index >= 15 is 0 Å². The van der Waals surface area contributed by atoms with Crippen LogP contribution in [0.25, 0.3) is 0 Å². The van der Waals surface area contributed by atoms with Crippen LogP contribution in [-0.2, 0) is 4.74 Å². The highest BCUT2D eigenvalue weighted by molar-refractivity contribution is 5.94. The minimum Gasteiger partial charge on any atom is -0.465 e. The molecule has 1 unspecified atom stereocenters. The van der Waals surface area contributed by atoms with Crippen LogP contribution in [0.1, 0.15) is 17.3 Å². The first-order chi connectivity index (χ1) is 7.19. The smallest absolute Gasteiger partial charge is 0.341 e. The maximum absolute atomic E-state index is 11.3. The van der Waals surface area contributed by atoms with Crippen LogP contribution >= 0.6 is 0 Å². The summed E-state index contributed by atoms with van der Waals surface area (Å²) in [5, 5.41) is 11.8. The van der Waals surface area contributed by atoms with Crippen molar-refractivity contribution >= 4 is 11.8 Å². The third-order valence-corrected chi connectivity index (χ3v) is 1.87. The Bertz CT molecular complexity index is 341. The quantitative estimate of drug-likeness (QED) is 0.714. The second-order valence-corrected chi connectivity index (χ2v) is 3.12. The number of hydrogen-bond acceptors (Lipinski definition) is 5. The first-order valence-corrected chi connectivity index (χ1v) is 4.59. The summed E-state index contributed by atoms with van der Waals surface area (Å²) in [6.45, 7) is 1.76. The molecule has 0 radical (unpaired) electrons. The highest BCUT2D eigenvalue weighted by atomic mass is 16.5. The lowest BCUT2D eigenvalue weighted by molar-refractivity contribution is 0.0601. The third-order valence-electron chi connectivity index (χ3n) is 1.87. The molecule has 1 heterocycles. The first-order valence-electron chi connectivity index (χ1n) is 4.59. The number of hydrogen-bond donors (Lipinski definition) is 2. The van der Waals surface area contributed by atoms with Gasteiger partial charge in [0.05, 0.1) is 13.7 Å². The Balaban J connectivity index is 2.91. The number of nitrogens with zero attached hydrogens (tertiary/aromatic N) is 1. The van der Waals surface area contributed by atoms with Crippen LogP contribution in [0.5, 0.6) is 0 Å². The van der Waals surface area contributed by atoms with Gasteiger partial charge in [-0.25, -0.2) is 9.78 Å². The molecule has 5 heteroatoms. The second-order valence-electron chi connectivity index (χ2n) is 3.12. The number of carbonyl (C=O) groups is 1. The Morgan fingerprint density at radius 2 is 2.47 bits per heavy atom. The van der Waals surface area contributed by atoms with E-state index in [9.17, 15) is 4.79 Å². The van der Waals surface area contributed by atoms with E-state index in [1.807, 2.05) is 0 Å². The van der Waals surface area contributed by atoms with Crippen LogP contribution in [0.4, 0.5) is 5.82 Å². The van der Waals surface area contributed by atoms with E-state index in [-0.39, 0.29) is 12.6 Å². The number of rotatable bonds is 4. The number of carbonyl (C=O) groups excluding carboxylic acids is 1. The van der Waals surface area contributed by atoms with Crippen molar-refractivity contribution in [2.45, 2.75) is 13.0 Å². The molecule has 82 valence electrons. The SMILES string of the molecule is COC(=O)c1cccnc1NC(C)CO. The molecule has 15 heavy (non-hydrogen) atoms. The summed E-state index contributed by atoms with van der Waals surface area (Å²) in [5.74, 6) is -0.0263. The Hall–Kier alpha value is -1.62. The average molecular weight is 210 g/mol. The van der Waals surface area contributed by atoms with Gasteiger partial charge in [0.15, 0.2) is 0 Å². The van der Waals surface area contributed by atoms with Gasteiger partial charge in [-0.1, -0.05) is 0 Å². The molecule has 5 nitrogen and oxygen atoms in total. The maximum atomic E-state index is 11.3. The fourth-order valence-electron chi connectivity index (χ4n) is 1.07. The molecule has 0 amide bonds. The topological polar surface area (TPSA) is 71.5 Å². The largest absolute Gasteiger partial charge is 0.465 e. The number of ether oxygens (including phenoxy) is 1. The van der Waals surface area contributed by atoms with E-state index in [4.69, 9.17) is 5.11 Å². The fourth-order valence-corrected chi connectivity index (χ4v) is 1.07. The third kappa shape index (κ3) is 2.92. The van der Waals surface area contributed by atoms with Gasteiger partial charge < -0.3 is 15.2 Å². The van der Waals surface area contributed by atoms with E-state index < -0.39 is 5.97 Å². The fraction of sp³-hybridized carbons (Fsp3) is 0.400. The van der Waals surface area contributed by atoms with Crippen molar-refractivity contribution in [3.8, 4) is 0 Å². The van der Waals surface area contributed by atoms with Crippen molar-refractivity contribution in [1.82, 2.24) is 4.98 Å². The summed E-state index contributed by atoms with van der Waals surface area (Å²) in [6.07, 6.45) is 1.57. The van der Waals surface area contributed by atoms with Crippen molar-refractivity contribution in [3.05, 3.63) is 23.9 Å². The summed E-state index contributed by atoms with van der Waals surface area (Å²) >= 11 is 0. The Labute approximate surface area is 88.1 Å². The maximum Gasteiger partial charge on any atom is 0.341 e. The van der Waals surface area contributed by atoms with Crippen molar-refractivity contribution in [3.63, 3.8) is 0 Å². The number of esters is 1. The van der Waals surface area contributed by atoms with E-state index in [1.54, 1.807) is 25.3 Å². The molecule has 0 saturated heterocycles. The lowest BCUT2D eigenvalue weighted by Crippen LogP contribution is -2.22. The zero-order valence-electron chi connectivity index (χ0n) is 8.73. The summed E-state index contributed by atoms with van der Waals surface area (Å²) in [6, 6.07) is 3.11. The zero-order chi connectivity index (χ0) is 11.3. The van der Waals surface area contributed by atoms with E-state index in [0.717, 1.165) is 0 Å². The van der Waals surface area contributed by atoms with E-state index in [1.165, 1.54) is 7.11 Å². The molecular formula is C10H14N2O3. The molecular weight excluding hydrogens is 196 g/mol. The summed E-state index contributed by atoms with van der Waals surface area (Å²) in [5.41, 5.74) is 0.361. The van der Waals surface area contributed by atoms with Gasteiger partial charge in [0, 0.05) is 12.2 Å². The van der Waals surface area contributed by atoms with Gasteiger partial charge in [-0.2, -0.15) is 0 Å². The van der Waals surface area contributed by atoms with Gasteiger partial charge in [0.2, 0.25) is 0 Å². The summed E-state index contributed by atoms with van der Waals surface area (Å²) in [4.78, 5) is 15.4. The Kier molecular flexibility index (Phi) is 4.05. The molecule has 0 aliphatic rings. The van der Waals surface area contributed by atoms with Crippen molar-refractivity contribution in [2.24, 2.45) is 0 Å². The Morgan fingerprint density at radius 3 is 3.07 bits per heavy atom. The predicted octanol–water partition coefficient (Wildman–Crippen LogP) is 0.661. The molecule has 0 aliphatic carbocycles. The molecule has 0 fully saturated rings. The number of aliphatic hydroxyl groups is 1. The molecule has 0 spiro atoms. The van der Waals surface area contributed by atoms with Crippen molar-refractivity contribution in [2.75, 3.05) is 19.0 Å². The van der Waals surface area contributed by atoms with Crippen LogP contribution < -0.4 is 5.32 Å². The Morgan fingerprint density at radius 1 is 1.73 bits per heavy atom. The van der Waals surface area contributed by atoms with Crippen LogP contribution in [0.3, 0.4) is 0 Å². The first kappa shape index (κ1) is 11.5. The normalized spacial score (nSPS) is 11.9. The van der Waals surface area contributed by atoms with Crippen LogP contribution in [0.15, 0.2) is 18.3 Å². The predicted molar refractivity (Wildman–Crippen MR) is 55.7 cm³/mol. The molecule has 0 saturated carbocycles. The van der Waals surface area contributed by atoms with Crippen LogP contribution in [0.2, 0.25) is 0 Å². The van der Waals surface area contributed by atoms with Gasteiger partial charge >= 0.3 is 5.97 Å². The van der Waals surface area contributed by atoms with Crippen LogP contribution in [0, 0.1) is 0 Å². The van der Waals surface area contributed by atoms with Crippen molar-refractivity contribution < 1.29 is 14.6 Å². The van der Waals surface area contributed by atoms with Crippen LogP contribution in [-0.4, -0.2) is 35.8 Å². The van der Waals surface area contributed by atoms with Gasteiger partial charge in [-0.05, 0) is 19.1 Å². The number of aliphatic hydroxyl groups excluding tert-OH is 1. The number of anilines is 1. The highest BCUT2D eigenvalue weighted by Gasteiger charge is 2.13. The summed E-state index contributed by atoms with van der Waals surface area (Å²) < 4.78 is 4.61. The molecule has 1 rings (SSSR count). The van der Waals surface area contributed by atoms with Crippen molar-refractivity contribution in [1.29, 1.82) is 0 Å². The lowest BCUT2D eigenvalue weighted by Gasteiger charge is -2.13. The molecule has 0 aromatic carbocycles. The van der Waals surface area contributed by atoms with Gasteiger partial charge in [0.1, 0.15) is 11.4 Å². The monoisotopic (exact) mass is 210 g/mol. The van der Waals surface area contributed by atoms with Gasteiger partial charge in [-0.3, -0.25) is 0 Å². The molecule has 1 aromatic rings. The lowest BCUT2D eigenvalue weighted by atomic mass is 10.2. The number of pyridine rings is 1. The highest BCUT2D eigenvalue weighted by Crippen LogP contribution is 2.13. The minimum absolute atomic E-state index is 0.0306. The number of nitrogens with one attached hydrogen (secondary N) is 1. The van der Waals surface area contributed by atoms with E-state index in [2.05, 4.69) is 15.0 Å². The molecule has 2 N–H and O–H groups in total. The molecule has 0 aliphatic heterocycles. The van der Waals surface area contributed by atoms with Gasteiger partial charge in [-0.15, -0.1) is 0 Å². The second kappa shape index (κ2) is 5.31. The zero-order valence-corrected chi connectivity index (χ0v) is 8.73. The summed E-state index contributed by atoms with van der Waals surface area (Å²) in [7, 11) is 1.31. The van der Waals surface area contributed by atoms with E-state index in [0.29, 0.717) is 11.4 Å². The molecule has 1 atom stereocenters. The number of methoxy groups -OCH3 is 1.